The molecule has 396 valence electrons. The van der Waals surface area contributed by atoms with Gasteiger partial charge in [0.1, 0.15) is 48.9 Å². The lowest BCUT2D eigenvalue weighted by Crippen LogP contribution is -2.05. The second kappa shape index (κ2) is 21.3. The average molecular weight is 1120 g/mol. The highest BCUT2D eigenvalue weighted by molar-refractivity contribution is 7.87. The Kier molecular flexibility index (Phi) is 15.1. The standard InChI is InChI=1S/C49H41N9O15S4/c1-26-15-33(12-14-37(26)52-57-42-23-36-30(20-46(42)76(66,67)68)19-34(74(60,61)62)22-45(36)75(63,64)65)51-53-38-16-28(3)39(17-27(38)2)54-55-40-24-44(73-5)41(25-43(40)72-4)56-58-48-47(77(69,70)71)21-29-18-32(11-13-35(29)49(48)59)50-31-9-7-6-8-10-31/h6-25,50,59H,1-5H3,(H,60,61,62)(H,63,64,65)(H,66,67,68)(H,69,70,71). The summed E-state index contributed by atoms with van der Waals surface area (Å²) >= 11 is 0. The minimum Gasteiger partial charge on any atom is -0.505 e. The number of anilines is 2. The van der Waals surface area contributed by atoms with E-state index in [2.05, 4.69) is 46.2 Å². The van der Waals surface area contributed by atoms with Gasteiger partial charge in [0.2, 0.25) is 0 Å². The summed E-state index contributed by atoms with van der Waals surface area (Å²) in [6.07, 6.45) is 0. The Morgan fingerprint density at radius 2 is 0.935 bits per heavy atom. The van der Waals surface area contributed by atoms with Gasteiger partial charge in [0, 0.05) is 34.3 Å². The Morgan fingerprint density at radius 3 is 1.51 bits per heavy atom. The molecule has 8 aromatic carbocycles. The lowest BCUT2D eigenvalue weighted by Gasteiger charge is -2.12. The molecule has 0 aromatic heterocycles. The molecule has 24 nitrogen and oxygen atoms in total. The first-order valence-electron chi connectivity index (χ1n) is 22.0. The Balaban J connectivity index is 1.02. The third kappa shape index (κ3) is 12.3. The number of ether oxygens (including phenoxy) is 2. The number of hydrogen-bond donors (Lipinski definition) is 6. The number of benzene rings is 8. The van der Waals surface area contributed by atoms with Crippen molar-refractivity contribution in [3.63, 3.8) is 0 Å². The number of hydrogen-bond acceptors (Lipinski definition) is 20. The van der Waals surface area contributed by atoms with Gasteiger partial charge in [-0.1, -0.05) is 18.2 Å². The summed E-state index contributed by atoms with van der Waals surface area (Å²) < 4.78 is 149. The van der Waals surface area contributed by atoms with Crippen LogP contribution in [0.1, 0.15) is 16.7 Å². The topological polar surface area (TPSA) is 367 Å². The highest BCUT2D eigenvalue weighted by Crippen LogP contribution is 2.46. The van der Waals surface area contributed by atoms with Gasteiger partial charge in [0.05, 0.1) is 41.9 Å². The Morgan fingerprint density at radius 1 is 0.416 bits per heavy atom. The molecular weight excluding hydrogens is 1080 g/mol. The fourth-order valence-corrected chi connectivity index (χ4v) is 10.3. The zero-order valence-electron chi connectivity index (χ0n) is 40.6. The van der Waals surface area contributed by atoms with Crippen molar-refractivity contribution in [3.8, 4) is 17.2 Å². The first-order chi connectivity index (χ1) is 36.2. The molecular formula is C49H41N9O15S4. The lowest BCUT2D eigenvalue weighted by atomic mass is 10.1. The van der Waals surface area contributed by atoms with E-state index in [0.717, 1.165) is 17.8 Å². The molecule has 0 saturated heterocycles. The highest BCUT2D eigenvalue weighted by atomic mass is 32.2. The minimum atomic E-state index is -5.15. The summed E-state index contributed by atoms with van der Waals surface area (Å²) in [7, 11) is -17.5. The van der Waals surface area contributed by atoms with Crippen LogP contribution >= 0.6 is 0 Å². The van der Waals surface area contributed by atoms with E-state index in [-0.39, 0.29) is 39.3 Å². The fraction of sp³-hybridized carbons (Fsp3) is 0.102. The molecule has 0 bridgehead atoms. The monoisotopic (exact) mass is 1120 g/mol. The molecule has 6 N–H and O–H groups in total. The number of aromatic hydroxyl groups is 1. The van der Waals surface area contributed by atoms with Gasteiger partial charge in [0.25, 0.3) is 40.5 Å². The summed E-state index contributed by atoms with van der Waals surface area (Å²) in [4.78, 5) is -3.56. The molecule has 28 heteroatoms. The van der Waals surface area contributed by atoms with Crippen molar-refractivity contribution in [2.24, 2.45) is 40.9 Å². The zero-order valence-corrected chi connectivity index (χ0v) is 43.8. The van der Waals surface area contributed by atoms with Gasteiger partial charge in [-0.25, -0.2) is 0 Å². The molecule has 0 aliphatic carbocycles. The van der Waals surface area contributed by atoms with E-state index in [9.17, 15) is 57.0 Å². The number of methoxy groups -OCH3 is 2. The quantitative estimate of drug-likeness (QED) is 0.0387. The van der Waals surface area contributed by atoms with Gasteiger partial charge in [-0.3, -0.25) is 18.2 Å². The van der Waals surface area contributed by atoms with Crippen LogP contribution in [-0.4, -0.2) is 71.2 Å². The Bertz CT molecular complexity index is 4330. The largest absolute Gasteiger partial charge is 0.505 e. The number of azo groups is 4. The zero-order chi connectivity index (χ0) is 55.8. The average Bonchev–Trinajstić information content (AvgIpc) is 3.38. The summed E-state index contributed by atoms with van der Waals surface area (Å²) in [5.74, 6) is -0.284. The van der Waals surface area contributed by atoms with E-state index in [4.69, 9.17) is 9.47 Å². The molecule has 0 spiro atoms. The summed E-state index contributed by atoms with van der Waals surface area (Å²) in [5, 5.41) is 48.0. The van der Waals surface area contributed by atoms with Crippen LogP contribution in [0.5, 0.6) is 17.2 Å². The number of fused-ring (bicyclic) bond motifs is 2. The van der Waals surface area contributed by atoms with Crippen LogP contribution in [0.25, 0.3) is 21.5 Å². The van der Waals surface area contributed by atoms with E-state index >= 15 is 0 Å². The molecule has 0 heterocycles. The number of nitrogens with zero attached hydrogens (tertiary/aromatic N) is 8. The maximum absolute atomic E-state index is 12.6. The van der Waals surface area contributed by atoms with Crippen LogP contribution < -0.4 is 14.8 Å². The van der Waals surface area contributed by atoms with Crippen molar-refractivity contribution in [1.82, 2.24) is 0 Å². The number of phenolic OH excluding ortho intramolecular Hbond substituents is 1. The van der Waals surface area contributed by atoms with Crippen LogP contribution in [0.4, 0.5) is 56.9 Å². The summed E-state index contributed by atoms with van der Waals surface area (Å²) in [5.41, 5.74) is 3.72. The molecule has 0 saturated carbocycles. The summed E-state index contributed by atoms with van der Waals surface area (Å²) in [6.45, 7) is 5.17. The van der Waals surface area contributed by atoms with E-state index in [1.807, 2.05) is 30.3 Å². The van der Waals surface area contributed by atoms with Crippen molar-refractivity contribution >= 4 is 119 Å². The normalized spacial score (nSPS) is 12.7. The van der Waals surface area contributed by atoms with Gasteiger partial charge in [-0.05, 0) is 139 Å². The first-order valence-corrected chi connectivity index (χ1v) is 27.8. The number of para-hydroxylation sites is 1. The van der Waals surface area contributed by atoms with Gasteiger partial charge in [0.15, 0.2) is 5.75 Å². The molecule has 0 aliphatic heterocycles. The molecule has 8 aromatic rings. The van der Waals surface area contributed by atoms with E-state index in [0.29, 0.717) is 51.6 Å². The maximum atomic E-state index is 12.6. The van der Waals surface area contributed by atoms with Crippen LogP contribution in [0, 0.1) is 20.8 Å². The van der Waals surface area contributed by atoms with E-state index in [1.165, 1.54) is 44.6 Å². The number of aryl methyl sites for hydroxylation is 3. The number of rotatable bonds is 16. The van der Waals surface area contributed by atoms with Crippen molar-refractivity contribution in [2.75, 3.05) is 19.5 Å². The first kappa shape index (κ1) is 54.8. The van der Waals surface area contributed by atoms with Crippen LogP contribution in [-0.2, 0) is 40.5 Å². The second-order valence-corrected chi connectivity index (χ2v) is 22.3. The van der Waals surface area contributed by atoms with Crippen LogP contribution in [0.3, 0.4) is 0 Å². The molecule has 0 amide bonds. The third-order valence-corrected chi connectivity index (χ3v) is 14.9. The van der Waals surface area contributed by atoms with Gasteiger partial charge in [-0.2, -0.15) is 54.1 Å². The third-order valence-electron chi connectivity index (χ3n) is 11.4. The minimum absolute atomic E-state index is 0.0415. The second-order valence-electron chi connectivity index (χ2n) is 16.8. The van der Waals surface area contributed by atoms with E-state index < -0.39 is 88.0 Å². The van der Waals surface area contributed by atoms with Gasteiger partial charge in [-0.15, -0.1) is 20.5 Å². The lowest BCUT2D eigenvalue weighted by molar-refractivity contribution is 0.405. The molecule has 0 atom stereocenters. The maximum Gasteiger partial charge on any atom is 0.296 e. The molecule has 0 radical (unpaired) electrons. The molecule has 0 aliphatic rings. The number of nitrogens with one attached hydrogen (secondary N) is 1. The van der Waals surface area contributed by atoms with E-state index in [1.54, 1.807) is 57.2 Å². The Hall–Kier alpha value is -8.48. The summed E-state index contributed by atoms with van der Waals surface area (Å²) in [6, 6.07) is 28.9. The van der Waals surface area contributed by atoms with Crippen molar-refractivity contribution in [3.05, 3.63) is 138 Å². The number of phenols is 1. The molecule has 0 unspecified atom stereocenters. The van der Waals surface area contributed by atoms with Crippen LogP contribution in [0.15, 0.2) is 182 Å². The SMILES string of the molecule is COc1cc(N=Nc2c(S(=O)(=O)O)cc3cc(Nc4ccccc4)ccc3c2O)c(OC)cc1N=Nc1cc(C)c(N=Nc2ccc(N=Nc3cc4c(S(=O)(=O)O)cc(S(=O)(=O)O)cc4cc3S(=O)(=O)O)c(C)c2)cc1C. The smallest absolute Gasteiger partial charge is 0.296 e. The fourth-order valence-electron chi connectivity index (χ4n) is 7.64. The molecule has 77 heavy (non-hydrogen) atoms. The van der Waals surface area contributed by atoms with Crippen LogP contribution in [0.2, 0.25) is 0 Å². The van der Waals surface area contributed by atoms with Crippen molar-refractivity contribution < 1.29 is 66.5 Å². The Labute approximate surface area is 439 Å². The highest BCUT2D eigenvalue weighted by Gasteiger charge is 2.26. The predicted octanol–water partition coefficient (Wildman–Crippen LogP) is 13.0. The van der Waals surface area contributed by atoms with Gasteiger partial charge < -0.3 is 19.9 Å². The molecule has 8 rings (SSSR count). The van der Waals surface area contributed by atoms with Crippen molar-refractivity contribution in [2.45, 2.75) is 40.4 Å². The van der Waals surface area contributed by atoms with Gasteiger partial charge >= 0.3 is 0 Å². The van der Waals surface area contributed by atoms with Crippen molar-refractivity contribution in [1.29, 1.82) is 0 Å². The molecule has 0 fully saturated rings. The predicted molar refractivity (Wildman–Crippen MR) is 282 cm³/mol.